The first-order valence-corrected chi connectivity index (χ1v) is 5.57. The zero-order valence-corrected chi connectivity index (χ0v) is 10.3. The molecule has 1 aromatic carbocycles. The molecule has 1 nitrogen and oxygen atoms in total. The molecule has 0 radical (unpaired) electrons. The van der Waals surface area contributed by atoms with Crippen molar-refractivity contribution in [3.63, 3.8) is 0 Å². The molecular formula is C8H5Br2NS. The van der Waals surface area contributed by atoms with Crippen LogP contribution in [0.15, 0.2) is 26.0 Å². The van der Waals surface area contributed by atoms with Crippen molar-refractivity contribution in [3.05, 3.63) is 26.6 Å². The van der Waals surface area contributed by atoms with Gasteiger partial charge in [-0.15, -0.1) is 0 Å². The highest BCUT2D eigenvalue weighted by atomic mass is 79.9. The second-order valence-electron chi connectivity index (χ2n) is 2.20. The van der Waals surface area contributed by atoms with E-state index in [1.807, 2.05) is 19.1 Å². The molecule has 0 saturated carbocycles. The molecule has 0 fully saturated rings. The van der Waals surface area contributed by atoms with Crippen LogP contribution in [-0.2, 0) is 0 Å². The van der Waals surface area contributed by atoms with E-state index in [2.05, 4.69) is 37.3 Å². The lowest BCUT2D eigenvalue weighted by Gasteiger charge is -2.03. The highest BCUT2D eigenvalue weighted by Gasteiger charge is 2.04. The average Bonchev–Trinajstić information content (AvgIpc) is 2.00. The third kappa shape index (κ3) is 2.25. The zero-order valence-electron chi connectivity index (χ0n) is 6.27. The summed E-state index contributed by atoms with van der Waals surface area (Å²) in [7, 11) is 0. The predicted octanol–water partition coefficient (Wildman–Crippen LogP) is 4.09. The van der Waals surface area contributed by atoms with Gasteiger partial charge in [0.1, 0.15) is 5.40 Å². The van der Waals surface area contributed by atoms with Crippen molar-refractivity contribution in [2.75, 3.05) is 0 Å². The minimum atomic E-state index is 0.984. The van der Waals surface area contributed by atoms with Crippen molar-refractivity contribution >= 4 is 43.6 Å². The van der Waals surface area contributed by atoms with Crippen LogP contribution in [0.5, 0.6) is 0 Å². The second kappa shape index (κ2) is 4.31. The highest BCUT2D eigenvalue weighted by molar-refractivity contribution is 9.11. The van der Waals surface area contributed by atoms with Crippen molar-refractivity contribution in [1.82, 2.24) is 0 Å². The Labute approximate surface area is 92.4 Å². The molecule has 12 heavy (non-hydrogen) atoms. The maximum atomic E-state index is 8.51. The van der Waals surface area contributed by atoms with Crippen LogP contribution >= 0.6 is 43.6 Å². The molecular weight excluding hydrogens is 302 g/mol. The summed E-state index contributed by atoms with van der Waals surface area (Å²) in [5.41, 5.74) is 1.10. The lowest BCUT2D eigenvalue weighted by atomic mass is 10.2. The monoisotopic (exact) mass is 305 g/mol. The fourth-order valence-electron chi connectivity index (χ4n) is 0.777. The van der Waals surface area contributed by atoms with E-state index in [0.29, 0.717) is 0 Å². The van der Waals surface area contributed by atoms with E-state index in [1.54, 1.807) is 0 Å². The van der Waals surface area contributed by atoms with Crippen molar-refractivity contribution in [1.29, 1.82) is 5.26 Å². The molecule has 0 aliphatic rings. The molecule has 0 unspecified atom stereocenters. The zero-order chi connectivity index (χ0) is 9.14. The summed E-state index contributed by atoms with van der Waals surface area (Å²) in [5, 5.41) is 10.6. The molecule has 1 aromatic rings. The van der Waals surface area contributed by atoms with E-state index < -0.39 is 0 Å². The Bertz CT molecular complexity index is 344. The van der Waals surface area contributed by atoms with Gasteiger partial charge in [-0.3, -0.25) is 0 Å². The molecule has 0 saturated heterocycles. The van der Waals surface area contributed by atoms with Crippen molar-refractivity contribution in [2.24, 2.45) is 0 Å². The Hall–Kier alpha value is 0.0200. The largest absolute Gasteiger partial charge is 0.185 e. The van der Waals surface area contributed by atoms with E-state index in [-0.39, 0.29) is 0 Å². The van der Waals surface area contributed by atoms with Crippen LogP contribution in [0.4, 0.5) is 0 Å². The molecule has 0 N–H and O–H groups in total. The molecule has 1 rings (SSSR count). The molecule has 0 aromatic heterocycles. The van der Waals surface area contributed by atoms with Gasteiger partial charge >= 0.3 is 0 Å². The van der Waals surface area contributed by atoms with Gasteiger partial charge in [0.05, 0.1) is 0 Å². The maximum absolute atomic E-state index is 8.51. The first kappa shape index (κ1) is 10.1. The van der Waals surface area contributed by atoms with Gasteiger partial charge in [0.15, 0.2) is 0 Å². The summed E-state index contributed by atoms with van der Waals surface area (Å²) < 4.78 is 2.01. The first-order valence-electron chi connectivity index (χ1n) is 3.16. The Kier molecular flexibility index (Phi) is 3.63. The quantitative estimate of drug-likeness (QED) is 0.576. The second-order valence-corrected chi connectivity index (χ2v) is 4.80. The molecule has 0 atom stereocenters. The van der Waals surface area contributed by atoms with Crippen LogP contribution in [0.1, 0.15) is 5.56 Å². The third-order valence-electron chi connectivity index (χ3n) is 1.42. The molecule has 62 valence electrons. The summed E-state index contributed by atoms with van der Waals surface area (Å²) >= 11 is 7.95. The summed E-state index contributed by atoms with van der Waals surface area (Å²) in [6.07, 6.45) is 0. The van der Waals surface area contributed by atoms with E-state index in [0.717, 1.165) is 19.4 Å². The number of halogens is 2. The number of benzene rings is 1. The SMILES string of the molecule is Cc1c(Br)cc(Br)cc1SC#N. The minimum Gasteiger partial charge on any atom is -0.185 e. The third-order valence-corrected chi connectivity index (χ3v) is 3.43. The van der Waals surface area contributed by atoms with Gasteiger partial charge in [-0.1, -0.05) is 31.9 Å². The van der Waals surface area contributed by atoms with Crippen LogP contribution < -0.4 is 0 Å². The van der Waals surface area contributed by atoms with Gasteiger partial charge in [-0.25, -0.2) is 0 Å². The van der Waals surface area contributed by atoms with Gasteiger partial charge in [0.25, 0.3) is 0 Å². The van der Waals surface area contributed by atoms with Gasteiger partial charge in [-0.05, 0) is 36.4 Å². The molecule has 4 heteroatoms. The summed E-state index contributed by atoms with van der Waals surface area (Å²) in [6, 6.07) is 3.91. The Morgan fingerprint density at radius 2 is 2.08 bits per heavy atom. The van der Waals surface area contributed by atoms with Gasteiger partial charge in [0.2, 0.25) is 0 Å². The predicted molar refractivity (Wildman–Crippen MR) is 58.0 cm³/mol. The summed E-state index contributed by atoms with van der Waals surface area (Å²) in [4.78, 5) is 0.985. The van der Waals surface area contributed by atoms with Crippen LogP contribution in [0.25, 0.3) is 0 Å². The number of nitriles is 1. The number of nitrogens with zero attached hydrogens (tertiary/aromatic N) is 1. The van der Waals surface area contributed by atoms with E-state index in [1.165, 1.54) is 11.8 Å². The van der Waals surface area contributed by atoms with E-state index in [9.17, 15) is 0 Å². The topological polar surface area (TPSA) is 23.8 Å². The fourth-order valence-corrected chi connectivity index (χ4v) is 2.83. The van der Waals surface area contributed by atoms with Gasteiger partial charge in [0, 0.05) is 13.8 Å². The number of thiocyanates is 1. The molecule has 0 spiro atoms. The number of thioether (sulfide) groups is 1. The highest BCUT2D eigenvalue weighted by Crippen LogP contribution is 2.31. The number of hydrogen-bond acceptors (Lipinski definition) is 2. The normalized spacial score (nSPS) is 9.50. The first-order chi connectivity index (χ1) is 5.65. The molecule has 0 heterocycles. The van der Waals surface area contributed by atoms with Crippen molar-refractivity contribution < 1.29 is 0 Å². The van der Waals surface area contributed by atoms with E-state index >= 15 is 0 Å². The summed E-state index contributed by atoms with van der Waals surface area (Å²) in [5.74, 6) is 0. The Morgan fingerprint density at radius 3 is 2.67 bits per heavy atom. The number of rotatable bonds is 1. The average molecular weight is 307 g/mol. The van der Waals surface area contributed by atoms with Crippen LogP contribution in [0.3, 0.4) is 0 Å². The summed E-state index contributed by atoms with van der Waals surface area (Å²) in [6.45, 7) is 1.98. The molecule has 0 aliphatic carbocycles. The fraction of sp³-hybridized carbons (Fsp3) is 0.125. The Balaban J connectivity index is 3.20. The Morgan fingerprint density at radius 1 is 1.42 bits per heavy atom. The van der Waals surface area contributed by atoms with E-state index in [4.69, 9.17) is 5.26 Å². The van der Waals surface area contributed by atoms with Crippen LogP contribution in [0, 0.1) is 17.6 Å². The van der Waals surface area contributed by atoms with Gasteiger partial charge < -0.3 is 0 Å². The van der Waals surface area contributed by atoms with Crippen LogP contribution in [-0.4, -0.2) is 0 Å². The molecule has 0 bridgehead atoms. The van der Waals surface area contributed by atoms with Crippen molar-refractivity contribution in [2.45, 2.75) is 11.8 Å². The molecule has 0 amide bonds. The lowest BCUT2D eigenvalue weighted by Crippen LogP contribution is -1.80. The van der Waals surface area contributed by atoms with Crippen LogP contribution in [0.2, 0.25) is 0 Å². The smallest absolute Gasteiger partial charge is 0.138 e. The van der Waals surface area contributed by atoms with Crippen molar-refractivity contribution in [3.8, 4) is 5.40 Å². The maximum Gasteiger partial charge on any atom is 0.138 e. The number of hydrogen-bond donors (Lipinski definition) is 0. The molecule has 0 aliphatic heterocycles. The standard InChI is InChI=1S/C8H5Br2NS/c1-5-7(10)2-6(9)3-8(5)12-4-11/h2-3H,1H3. The lowest BCUT2D eigenvalue weighted by molar-refractivity contribution is 1.27. The van der Waals surface area contributed by atoms with Gasteiger partial charge in [-0.2, -0.15) is 5.26 Å². The minimum absolute atomic E-state index is 0.984.